The number of amides is 1. The van der Waals surface area contributed by atoms with Crippen LogP contribution in [-0.2, 0) is 23.9 Å². The van der Waals surface area contributed by atoms with Crippen molar-refractivity contribution in [1.29, 1.82) is 0 Å². The molecule has 0 spiro atoms. The molecule has 0 saturated carbocycles. The molecule has 0 rings (SSSR count). The third-order valence-electron chi connectivity index (χ3n) is 3.11. The Labute approximate surface area is 148 Å². The molecule has 0 aromatic rings. The number of nitrogens with one attached hydrogen (secondary N) is 1. The van der Waals surface area contributed by atoms with E-state index in [9.17, 15) is 14.4 Å². The predicted molar refractivity (Wildman–Crippen MR) is 92.0 cm³/mol. The number of nitrogens with zero attached hydrogens (tertiary/aromatic N) is 2. The van der Waals surface area contributed by atoms with Crippen LogP contribution in [0.3, 0.4) is 0 Å². The van der Waals surface area contributed by atoms with E-state index in [-0.39, 0.29) is 25.0 Å². The molecule has 0 saturated heterocycles. The lowest BCUT2D eigenvalue weighted by Gasteiger charge is -2.23. The maximum absolute atomic E-state index is 12.4. The average molecular weight is 355 g/mol. The molecule has 0 heterocycles. The minimum absolute atomic E-state index is 0.0443. The number of ketones is 1. The molecule has 0 aromatic heterocycles. The van der Waals surface area contributed by atoms with Crippen LogP contribution in [0.2, 0.25) is 0 Å². The van der Waals surface area contributed by atoms with Crippen LogP contribution in [0.4, 0.5) is 0 Å². The van der Waals surface area contributed by atoms with Crippen molar-refractivity contribution in [3.05, 3.63) is 5.53 Å². The van der Waals surface area contributed by atoms with Gasteiger partial charge in [-0.25, -0.2) is 4.79 Å². The normalized spacial score (nSPS) is 13.1. The van der Waals surface area contributed by atoms with E-state index < -0.39 is 29.8 Å². The highest BCUT2D eigenvalue weighted by atomic mass is 16.5. The van der Waals surface area contributed by atoms with Gasteiger partial charge in [-0.2, -0.15) is 4.79 Å². The highest BCUT2D eigenvalue weighted by molar-refractivity contribution is 6.25. The maximum atomic E-state index is 12.4. The van der Waals surface area contributed by atoms with Crippen LogP contribution in [0.15, 0.2) is 0 Å². The molecule has 1 amide bonds. The number of carbonyl (C=O) groups is 3. The molecule has 1 N–H and O–H groups in total. The fourth-order valence-electron chi connectivity index (χ4n) is 2.10. The van der Waals surface area contributed by atoms with Gasteiger partial charge in [-0.15, -0.1) is 0 Å². The van der Waals surface area contributed by atoms with Gasteiger partial charge in [0, 0.05) is 6.42 Å². The largest absolute Gasteiger partial charge is 0.461 e. The van der Waals surface area contributed by atoms with Gasteiger partial charge in [0.1, 0.15) is 12.1 Å². The molecule has 0 aliphatic rings. The van der Waals surface area contributed by atoms with E-state index in [1.165, 1.54) is 0 Å². The molecule has 2 atom stereocenters. The zero-order valence-electron chi connectivity index (χ0n) is 15.7. The molecule has 8 nitrogen and oxygen atoms in total. The maximum Gasteiger partial charge on any atom is 0.328 e. The summed E-state index contributed by atoms with van der Waals surface area (Å²) in [6.07, 6.45) is 0.853. The molecular weight excluding hydrogens is 326 g/mol. The van der Waals surface area contributed by atoms with Crippen molar-refractivity contribution in [2.45, 2.75) is 84.7 Å². The minimum atomic E-state index is -0.971. The van der Waals surface area contributed by atoms with Crippen molar-refractivity contribution in [2.75, 3.05) is 0 Å². The second-order valence-electron chi connectivity index (χ2n) is 6.26. The molecular formula is C17H29N3O5. The molecule has 0 unspecified atom stereocenters. The van der Waals surface area contributed by atoms with E-state index in [2.05, 4.69) is 10.1 Å². The van der Waals surface area contributed by atoms with Crippen molar-refractivity contribution < 1.29 is 28.6 Å². The Morgan fingerprint density at radius 3 is 2.24 bits per heavy atom. The van der Waals surface area contributed by atoms with Gasteiger partial charge in [-0.05, 0) is 40.5 Å². The first-order valence-corrected chi connectivity index (χ1v) is 8.57. The summed E-state index contributed by atoms with van der Waals surface area (Å²) in [6, 6.07) is -0.971. The van der Waals surface area contributed by atoms with Crippen LogP contribution in [0, 0.1) is 0 Å². The topological polar surface area (TPSA) is 118 Å². The first-order chi connectivity index (χ1) is 11.7. The second-order valence-corrected chi connectivity index (χ2v) is 6.26. The number of carbonyl (C=O) groups excluding carboxylic acids is 3. The highest BCUT2D eigenvalue weighted by Gasteiger charge is 2.28. The minimum Gasteiger partial charge on any atom is -0.461 e. The van der Waals surface area contributed by atoms with Gasteiger partial charge in [0.15, 0.2) is 0 Å². The monoisotopic (exact) mass is 355 g/mol. The summed E-state index contributed by atoms with van der Waals surface area (Å²) in [4.78, 5) is 38.8. The van der Waals surface area contributed by atoms with Crippen LogP contribution in [-0.4, -0.2) is 53.0 Å². The summed E-state index contributed by atoms with van der Waals surface area (Å²) >= 11 is 0. The summed E-state index contributed by atoms with van der Waals surface area (Å²) in [5, 5.41) is 2.61. The Morgan fingerprint density at radius 2 is 1.76 bits per heavy atom. The van der Waals surface area contributed by atoms with Crippen molar-refractivity contribution >= 4 is 23.9 Å². The molecule has 0 fully saturated rings. The lowest BCUT2D eigenvalue weighted by molar-refractivity contribution is -0.153. The fraction of sp³-hybridized carbons (Fsp3) is 0.765. The third-order valence-corrected chi connectivity index (χ3v) is 3.11. The smallest absolute Gasteiger partial charge is 0.328 e. The Morgan fingerprint density at radius 1 is 1.12 bits per heavy atom. The zero-order valence-corrected chi connectivity index (χ0v) is 15.7. The van der Waals surface area contributed by atoms with E-state index in [1.54, 1.807) is 13.8 Å². The van der Waals surface area contributed by atoms with E-state index in [0.29, 0.717) is 6.42 Å². The standard InChI is InChI=1S/C17H29N3O5/c1-6-7-15(24-11(2)3)16(22)20-14(17(23)25-12(4)5)9-8-13(21)10-19-18/h10-12,14-15H,6-9H2,1-5H3,(H,20,22)/t14-,15-/m0/s1. The van der Waals surface area contributed by atoms with E-state index in [4.69, 9.17) is 15.0 Å². The van der Waals surface area contributed by atoms with Gasteiger partial charge in [0.05, 0.1) is 12.2 Å². The number of ether oxygens (including phenoxy) is 2. The van der Waals surface area contributed by atoms with Gasteiger partial charge in [0.2, 0.25) is 11.7 Å². The van der Waals surface area contributed by atoms with Gasteiger partial charge in [-0.1, -0.05) is 13.3 Å². The quantitative estimate of drug-likeness (QED) is 0.247. The van der Waals surface area contributed by atoms with E-state index >= 15 is 0 Å². The Balaban J connectivity index is 5.04. The van der Waals surface area contributed by atoms with Gasteiger partial charge >= 0.3 is 12.2 Å². The zero-order chi connectivity index (χ0) is 19.4. The molecule has 0 aliphatic carbocycles. The van der Waals surface area contributed by atoms with Crippen molar-refractivity contribution in [1.82, 2.24) is 5.32 Å². The van der Waals surface area contributed by atoms with Crippen LogP contribution < -0.4 is 5.32 Å². The highest BCUT2D eigenvalue weighted by Crippen LogP contribution is 2.09. The van der Waals surface area contributed by atoms with Gasteiger partial charge in [0.25, 0.3) is 0 Å². The summed E-state index contributed by atoms with van der Waals surface area (Å²) in [5.74, 6) is -1.48. The van der Waals surface area contributed by atoms with Crippen LogP contribution in [0.5, 0.6) is 0 Å². The Kier molecular flexibility index (Phi) is 11.3. The molecule has 0 radical (unpaired) electrons. The number of Topliss-reactive ketones (excluding diaryl/α,β-unsaturated/α-hetero) is 1. The number of rotatable bonds is 12. The van der Waals surface area contributed by atoms with Gasteiger partial charge < -0.3 is 20.3 Å². The van der Waals surface area contributed by atoms with Crippen molar-refractivity contribution in [3.8, 4) is 0 Å². The SMILES string of the molecule is CCC[C@H](OC(C)C)C(=O)N[C@@H](CCC(=O)C=[N+]=[N-])C(=O)OC(C)C. The second kappa shape index (κ2) is 12.3. The van der Waals surface area contributed by atoms with Gasteiger partial charge in [-0.3, -0.25) is 9.59 Å². The molecule has 0 aromatic carbocycles. The first kappa shape index (κ1) is 22.9. The van der Waals surface area contributed by atoms with Crippen molar-refractivity contribution in [3.63, 3.8) is 0 Å². The average Bonchev–Trinajstić information content (AvgIpc) is 2.49. The van der Waals surface area contributed by atoms with Crippen LogP contribution in [0.1, 0.15) is 60.3 Å². The predicted octanol–water partition coefficient (Wildman–Crippen LogP) is 1.67. The first-order valence-electron chi connectivity index (χ1n) is 8.57. The van der Waals surface area contributed by atoms with E-state index in [0.717, 1.165) is 12.6 Å². The lowest BCUT2D eigenvalue weighted by Crippen LogP contribution is -2.48. The summed E-state index contributed by atoms with van der Waals surface area (Å²) < 4.78 is 10.7. The molecule has 8 heteroatoms. The summed E-state index contributed by atoms with van der Waals surface area (Å²) in [7, 11) is 0. The Hall–Kier alpha value is -2.05. The van der Waals surface area contributed by atoms with Crippen LogP contribution in [0.25, 0.3) is 5.53 Å². The fourth-order valence-corrected chi connectivity index (χ4v) is 2.10. The molecule has 0 bridgehead atoms. The lowest BCUT2D eigenvalue weighted by atomic mass is 10.1. The molecule has 25 heavy (non-hydrogen) atoms. The summed E-state index contributed by atoms with van der Waals surface area (Å²) in [6.45, 7) is 8.98. The summed E-state index contributed by atoms with van der Waals surface area (Å²) in [5.41, 5.74) is 8.36. The Bertz CT molecular complexity index is 499. The number of esters is 1. The van der Waals surface area contributed by atoms with E-state index in [1.807, 2.05) is 20.8 Å². The molecule has 0 aliphatic heterocycles. The molecule has 142 valence electrons. The van der Waals surface area contributed by atoms with Crippen LogP contribution >= 0.6 is 0 Å². The third kappa shape index (κ3) is 10.4. The number of hydrogen-bond donors (Lipinski definition) is 1. The number of hydrogen-bond acceptors (Lipinski definition) is 5. The van der Waals surface area contributed by atoms with Crippen molar-refractivity contribution in [2.24, 2.45) is 0 Å².